The highest BCUT2D eigenvalue weighted by molar-refractivity contribution is 7.98. The second-order valence-corrected chi connectivity index (χ2v) is 4.12. The number of carbonyl (C=O) groups is 1. The van der Waals surface area contributed by atoms with Gasteiger partial charge in [-0.3, -0.25) is 4.79 Å². The van der Waals surface area contributed by atoms with Gasteiger partial charge in [0.25, 0.3) is 0 Å². The molecule has 0 aromatic rings. The summed E-state index contributed by atoms with van der Waals surface area (Å²) < 4.78 is 3.82. The Balaban J connectivity index is 4.16. The molecule has 0 aliphatic carbocycles. The molecule has 5 N–H and O–H groups in total. The fraction of sp³-hybridized carbons (Fsp3) is 0.625. The lowest BCUT2D eigenvalue weighted by Crippen LogP contribution is -2.32. The Morgan fingerprint density at radius 1 is 1.50 bits per heavy atom. The predicted molar refractivity (Wildman–Crippen MR) is 66.2 cm³/mol. The standard InChI is InChI=1S/C8H17N5O2S/c1-5(6(14)15)4-16-12-7(9)11-8(10)13(2)3/h5H,4H2,1-3H3,(H,14,15)(H4,9,10,11,12). The van der Waals surface area contributed by atoms with Crippen molar-refractivity contribution in [2.75, 3.05) is 19.8 Å². The van der Waals surface area contributed by atoms with Crippen LogP contribution < -0.4 is 11.5 Å². The molecule has 0 aliphatic rings. The van der Waals surface area contributed by atoms with E-state index in [1.807, 2.05) is 0 Å². The quantitative estimate of drug-likeness (QED) is 0.352. The molecule has 8 heteroatoms. The van der Waals surface area contributed by atoms with E-state index in [-0.39, 0.29) is 11.9 Å². The monoisotopic (exact) mass is 247 g/mol. The maximum Gasteiger partial charge on any atom is 0.307 e. The van der Waals surface area contributed by atoms with Crippen molar-refractivity contribution in [3.05, 3.63) is 0 Å². The third kappa shape index (κ3) is 6.12. The van der Waals surface area contributed by atoms with Gasteiger partial charge in [-0.1, -0.05) is 6.92 Å². The van der Waals surface area contributed by atoms with E-state index in [0.717, 1.165) is 11.9 Å². The van der Waals surface area contributed by atoms with Crippen LogP contribution in [0.1, 0.15) is 6.92 Å². The van der Waals surface area contributed by atoms with Crippen molar-refractivity contribution in [2.45, 2.75) is 6.92 Å². The van der Waals surface area contributed by atoms with Gasteiger partial charge in [0.1, 0.15) is 0 Å². The van der Waals surface area contributed by atoms with Crippen molar-refractivity contribution < 1.29 is 9.90 Å². The minimum atomic E-state index is -0.863. The number of guanidine groups is 2. The lowest BCUT2D eigenvalue weighted by atomic mass is 10.2. The molecule has 0 spiro atoms. The first kappa shape index (κ1) is 14.6. The minimum Gasteiger partial charge on any atom is -0.481 e. The molecule has 0 fully saturated rings. The Morgan fingerprint density at radius 3 is 2.50 bits per heavy atom. The summed E-state index contributed by atoms with van der Waals surface area (Å²) in [6.07, 6.45) is 0. The van der Waals surface area contributed by atoms with Crippen LogP contribution >= 0.6 is 11.9 Å². The van der Waals surface area contributed by atoms with Crippen molar-refractivity contribution in [1.82, 2.24) is 4.90 Å². The molecule has 92 valence electrons. The van der Waals surface area contributed by atoms with Crippen molar-refractivity contribution >= 4 is 29.8 Å². The smallest absolute Gasteiger partial charge is 0.307 e. The number of aliphatic imine (C=N–C) groups is 1. The van der Waals surface area contributed by atoms with Crippen molar-refractivity contribution in [3.8, 4) is 0 Å². The van der Waals surface area contributed by atoms with Gasteiger partial charge in [0.05, 0.1) is 5.92 Å². The van der Waals surface area contributed by atoms with Gasteiger partial charge in [0, 0.05) is 19.8 Å². The molecule has 16 heavy (non-hydrogen) atoms. The fourth-order valence-electron chi connectivity index (χ4n) is 0.524. The maximum absolute atomic E-state index is 10.5. The Morgan fingerprint density at radius 2 is 2.06 bits per heavy atom. The van der Waals surface area contributed by atoms with Crippen molar-refractivity contribution in [2.24, 2.45) is 26.8 Å². The molecule has 0 saturated heterocycles. The number of carboxylic acid groups (broad SMARTS) is 1. The SMILES string of the molecule is CC(CS/N=C(N)/N=C(\N)N(C)C)C(=O)O. The summed E-state index contributed by atoms with van der Waals surface area (Å²) in [5.41, 5.74) is 11.0. The van der Waals surface area contributed by atoms with E-state index < -0.39 is 11.9 Å². The summed E-state index contributed by atoms with van der Waals surface area (Å²) in [6, 6.07) is 0. The molecule has 7 nitrogen and oxygen atoms in total. The first-order valence-corrected chi connectivity index (χ1v) is 5.48. The zero-order valence-electron chi connectivity index (χ0n) is 9.54. The molecule has 0 radical (unpaired) electrons. The van der Waals surface area contributed by atoms with E-state index >= 15 is 0 Å². The molecule has 0 amide bonds. The zero-order chi connectivity index (χ0) is 12.7. The lowest BCUT2D eigenvalue weighted by molar-refractivity contribution is -0.140. The number of nitrogens with two attached hydrogens (primary N) is 2. The molecule has 1 unspecified atom stereocenters. The first-order chi connectivity index (χ1) is 7.34. The topological polar surface area (TPSA) is 117 Å². The Labute approximate surface area is 98.7 Å². The second-order valence-electron chi connectivity index (χ2n) is 3.35. The van der Waals surface area contributed by atoms with Crippen LogP contribution in [0.2, 0.25) is 0 Å². The first-order valence-electron chi connectivity index (χ1n) is 4.54. The van der Waals surface area contributed by atoms with Crippen LogP contribution in [0.3, 0.4) is 0 Å². The third-order valence-corrected chi connectivity index (χ3v) is 2.56. The summed E-state index contributed by atoms with van der Waals surface area (Å²) >= 11 is 1.05. The molecule has 0 saturated carbocycles. The average Bonchev–Trinajstić information content (AvgIpc) is 2.16. The lowest BCUT2D eigenvalue weighted by Gasteiger charge is -2.09. The van der Waals surface area contributed by atoms with Crippen LogP contribution in [-0.4, -0.2) is 47.7 Å². The van der Waals surface area contributed by atoms with Crippen molar-refractivity contribution in [3.63, 3.8) is 0 Å². The Kier molecular flexibility index (Phi) is 6.31. The third-order valence-electron chi connectivity index (χ3n) is 1.59. The van der Waals surface area contributed by atoms with E-state index in [2.05, 4.69) is 9.39 Å². The predicted octanol–water partition coefficient (Wildman–Crippen LogP) is -0.454. The largest absolute Gasteiger partial charge is 0.481 e. The molecule has 0 heterocycles. The number of hydrogen-bond donors (Lipinski definition) is 3. The van der Waals surface area contributed by atoms with Crippen LogP contribution in [0.15, 0.2) is 9.39 Å². The fourth-order valence-corrected chi connectivity index (χ4v) is 1.14. The van der Waals surface area contributed by atoms with Crippen LogP contribution in [0.5, 0.6) is 0 Å². The molecule has 0 bridgehead atoms. The summed E-state index contributed by atoms with van der Waals surface area (Å²) in [7, 11) is 3.46. The van der Waals surface area contributed by atoms with Gasteiger partial charge in [-0.15, -0.1) is 0 Å². The molecule has 1 atom stereocenters. The summed E-state index contributed by atoms with van der Waals surface area (Å²) in [4.78, 5) is 15.9. The highest BCUT2D eigenvalue weighted by Crippen LogP contribution is 2.09. The minimum absolute atomic E-state index is 0.0220. The number of aliphatic carboxylic acids is 1. The molecule has 0 aliphatic heterocycles. The van der Waals surface area contributed by atoms with Crippen molar-refractivity contribution in [1.29, 1.82) is 0 Å². The maximum atomic E-state index is 10.5. The summed E-state index contributed by atoms with van der Waals surface area (Å²) in [5.74, 6) is -0.732. The van der Waals surface area contributed by atoms with Crippen LogP contribution in [0.25, 0.3) is 0 Å². The van der Waals surface area contributed by atoms with Gasteiger partial charge in [0.15, 0.2) is 5.96 Å². The number of rotatable bonds is 4. The highest BCUT2D eigenvalue weighted by atomic mass is 32.2. The molecule has 0 aromatic heterocycles. The van der Waals surface area contributed by atoms with E-state index in [1.54, 1.807) is 25.9 Å². The van der Waals surface area contributed by atoms with Gasteiger partial charge < -0.3 is 21.5 Å². The van der Waals surface area contributed by atoms with Gasteiger partial charge >= 0.3 is 5.97 Å². The van der Waals surface area contributed by atoms with Gasteiger partial charge in [-0.05, 0) is 11.9 Å². The number of hydrogen-bond acceptors (Lipinski definition) is 3. The van der Waals surface area contributed by atoms with Gasteiger partial charge in [0.2, 0.25) is 5.96 Å². The highest BCUT2D eigenvalue weighted by Gasteiger charge is 2.10. The Bertz CT molecular complexity index is 303. The molecular formula is C8H17N5O2S. The van der Waals surface area contributed by atoms with E-state index in [4.69, 9.17) is 16.6 Å². The van der Waals surface area contributed by atoms with E-state index in [1.165, 1.54) is 0 Å². The van der Waals surface area contributed by atoms with Gasteiger partial charge in [-0.25, -0.2) is 0 Å². The summed E-state index contributed by atoms with van der Waals surface area (Å²) in [5, 5.41) is 8.62. The van der Waals surface area contributed by atoms with Crippen LogP contribution in [0.4, 0.5) is 0 Å². The van der Waals surface area contributed by atoms with Gasteiger partial charge in [-0.2, -0.15) is 9.39 Å². The molecular weight excluding hydrogens is 230 g/mol. The number of nitrogens with zero attached hydrogens (tertiary/aromatic N) is 3. The molecule has 0 aromatic carbocycles. The number of carboxylic acids is 1. The zero-order valence-corrected chi connectivity index (χ0v) is 10.4. The van der Waals surface area contributed by atoms with E-state index in [9.17, 15) is 4.79 Å². The van der Waals surface area contributed by atoms with Crippen LogP contribution in [0, 0.1) is 5.92 Å². The normalized spacial score (nSPS) is 14.7. The molecule has 0 rings (SSSR count). The summed E-state index contributed by atoms with van der Waals surface area (Å²) in [6.45, 7) is 1.60. The second kappa shape index (κ2) is 6.94. The Hall–Kier alpha value is -1.44. The average molecular weight is 247 g/mol. The van der Waals surface area contributed by atoms with Crippen LogP contribution in [-0.2, 0) is 4.79 Å². The van der Waals surface area contributed by atoms with E-state index in [0.29, 0.717) is 5.75 Å².